The molecule has 4 aromatic rings. The Labute approximate surface area is 186 Å². The number of phenols is 1. The molecule has 0 spiro atoms. The van der Waals surface area contributed by atoms with Crippen LogP contribution in [0.2, 0.25) is 0 Å². The van der Waals surface area contributed by atoms with Crippen molar-refractivity contribution in [3.63, 3.8) is 0 Å². The number of aryl methyl sites for hydroxylation is 1. The SMILES string of the molecule is Cc1cccc(N2C(=S)N[C@H](c3ccccn3)[C@@H]2c2cccn2-c2ccc(O)cc2)c1. The van der Waals surface area contributed by atoms with Gasteiger partial charge in [-0.05, 0) is 85.4 Å². The zero-order valence-corrected chi connectivity index (χ0v) is 17.8. The van der Waals surface area contributed by atoms with Crippen LogP contribution in [0.1, 0.15) is 29.0 Å². The lowest BCUT2D eigenvalue weighted by Gasteiger charge is -2.29. The zero-order chi connectivity index (χ0) is 21.4. The topological polar surface area (TPSA) is 53.3 Å². The minimum Gasteiger partial charge on any atom is -0.508 e. The Kier molecular flexibility index (Phi) is 4.92. The minimum atomic E-state index is -0.111. The summed E-state index contributed by atoms with van der Waals surface area (Å²) in [6.07, 6.45) is 3.85. The number of phenolic OH excluding ortho intramolecular Hbond substituents is 1. The third-order valence-corrected chi connectivity index (χ3v) is 5.90. The second-order valence-electron chi connectivity index (χ2n) is 7.66. The number of rotatable bonds is 4. The maximum atomic E-state index is 9.72. The number of anilines is 1. The van der Waals surface area contributed by atoms with Crippen molar-refractivity contribution in [1.82, 2.24) is 14.9 Å². The number of aromatic nitrogens is 2. The molecule has 6 heteroatoms. The molecule has 5 nitrogen and oxygen atoms in total. The standard InChI is InChI=1S/C25H22N4OS/c1-17-6-4-7-19(16-17)29-24(23(27-25(29)31)21-8-2-3-14-26-21)22-9-5-15-28(22)18-10-12-20(30)13-11-18/h2-16,23-24,30H,1H3,(H,27,31)/t23-,24+/m1/s1. The second kappa shape index (κ2) is 7.89. The first-order valence-electron chi connectivity index (χ1n) is 10.2. The smallest absolute Gasteiger partial charge is 0.174 e. The Morgan fingerprint density at radius 3 is 2.52 bits per heavy atom. The molecule has 1 fully saturated rings. The third-order valence-electron chi connectivity index (χ3n) is 5.59. The van der Waals surface area contributed by atoms with E-state index in [0.717, 1.165) is 22.8 Å². The molecule has 31 heavy (non-hydrogen) atoms. The largest absolute Gasteiger partial charge is 0.508 e. The summed E-state index contributed by atoms with van der Waals surface area (Å²) >= 11 is 5.82. The van der Waals surface area contributed by atoms with Crippen molar-refractivity contribution in [3.8, 4) is 11.4 Å². The van der Waals surface area contributed by atoms with Gasteiger partial charge in [0.1, 0.15) is 11.8 Å². The van der Waals surface area contributed by atoms with E-state index >= 15 is 0 Å². The number of benzene rings is 2. The van der Waals surface area contributed by atoms with Gasteiger partial charge in [-0.3, -0.25) is 4.98 Å². The number of pyridine rings is 1. The summed E-state index contributed by atoms with van der Waals surface area (Å²) in [5.74, 6) is 0.244. The molecule has 0 bridgehead atoms. The number of nitrogens with zero attached hydrogens (tertiary/aromatic N) is 3. The normalized spacial score (nSPS) is 18.2. The summed E-state index contributed by atoms with van der Waals surface area (Å²) in [4.78, 5) is 6.80. The van der Waals surface area contributed by atoms with Crippen molar-refractivity contribution in [2.75, 3.05) is 4.90 Å². The first-order chi connectivity index (χ1) is 15.1. The molecule has 2 atom stereocenters. The van der Waals surface area contributed by atoms with Crippen LogP contribution < -0.4 is 10.2 Å². The van der Waals surface area contributed by atoms with E-state index in [1.807, 2.05) is 48.8 Å². The molecule has 0 unspecified atom stereocenters. The molecule has 154 valence electrons. The molecule has 2 aromatic carbocycles. The fourth-order valence-electron chi connectivity index (χ4n) is 4.19. The van der Waals surface area contributed by atoms with Gasteiger partial charge in [-0.1, -0.05) is 18.2 Å². The van der Waals surface area contributed by atoms with Gasteiger partial charge < -0.3 is 19.9 Å². The maximum Gasteiger partial charge on any atom is 0.174 e. The molecule has 0 saturated carbocycles. The number of thiocarbonyl (C=S) groups is 1. The molecule has 0 radical (unpaired) electrons. The van der Waals surface area contributed by atoms with E-state index in [1.165, 1.54) is 5.56 Å². The molecular weight excluding hydrogens is 404 g/mol. The summed E-state index contributed by atoms with van der Waals surface area (Å²) in [6.45, 7) is 2.08. The van der Waals surface area contributed by atoms with Crippen LogP contribution in [0.5, 0.6) is 5.75 Å². The van der Waals surface area contributed by atoms with Crippen LogP contribution in [0.15, 0.2) is 91.3 Å². The summed E-state index contributed by atoms with van der Waals surface area (Å²) < 4.78 is 2.14. The maximum absolute atomic E-state index is 9.72. The van der Waals surface area contributed by atoms with Gasteiger partial charge >= 0.3 is 0 Å². The average molecular weight is 427 g/mol. The molecule has 1 aliphatic rings. The molecule has 0 aliphatic carbocycles. The lowest BCUT2D eigenvalue weighted by molar-refractivity contribution is 0.475. The molecule has 1 aliphatic heterocycles. The molecular formula is C25H22N4OS. The molecule has 2 N–H and O–H groups in total. The third kappa shape index (κ3) is 3.55. The van der Waals surface area contributed by atoms with Crippen LogP contribution in [0.25, 0.3) is 5.69 Å². The number of nitrogens with one attached hydrogen (secondary N) is 1. The van der Waals surface area contributed by atoms with Crippen molar-refractivity contribution in [1.29, 1.82) is 0 Å². The van der Waals surface area contributed by atoms with Gasteiger partial charge in [-0.25, -0.2) is 0 Å². The number of hydrogen-bond donors (Lipinski definition) is 2. The summed E-state index contributed by atoms with van der Waals surface area (Å²) in [5, 5.41) is 13.9. The molecule has 5 rings (SSSR count). The van der Waals surface area contributed by atoms with Gasteiger partial charge in [0.05, 0.1) is 11.7 Å². The minimum absolute atomic E-state index is 0.104. The highest BCUT2D eigenvalue weighted by molar-refractivity contribution is 7.80. The fraction of sp³-hybridized carbons (Fsp3) is 0.120. The molecule has 1 saturated heterocycles. The zero-order valence-electron chi connectivity index (χ0n) is 17.0. The summed E-state index contributed by atoms with van der Waals surface area (Å²) in [7, 11) is 0. The van der Waals surface area contributed by atoms with E-state index in [4.69, 9.17) is 12.2 Å². The lowest BCUT2D eigenvalue weighted by atomic mass is 10.0. The Bertz CT molecular complexity index is 1220. The van der Waals surface area contributed by atoms with E-state index in [2.05, 4.69) is 57.0 Å². The first-order valence-corrected chi connectivity index (χ1v) is 10.6. The molecule has 3 heterocycles. The van der Waals surface area contributed by atoms with Gasteiger partial charge in [0, 0.05) is 29.5 Å². The Morgan fingerprint density at radius 2 is 1.77 bits per heavy atom. The van der Waals surface area contributed by atoms with Crippen molar-refractivity contribution >= 4 is 23.0 Å². The summed E-state index contributed by atoms with van der Waals surface area (Å²) in [5.41, 5.74) is 5.20. The highest BCUT2D eigenvalue weighted by Gasteiger charge is 2.42. The van der Waals surface area contributed by atoms with Crippen molar-refractivity contribution < 1.29 is 5.11 Å². The van der Waals surface area contributed by atoms with Crippen LogP contribution in [0, 0.1) is 6.92 Å². The predicted molar refractivity (Wildman–Crippen MR) is 127 cm³/mol. The van der Waals surface area contributed by atoms with Crippen LogP contribution >= 0.6 is 12.2 Å². The van der Waals surface area contributed by atoms with Crippen molar-refractivity contribution in [3.05, 3.63) is 108 Å². The van der Waals surface area contributed by atoms with E-state index in [0.29, 0.717) is 5.11 Å². The van der Waals surface area contributed by atoms with Gasteiger partial charge in [-0.2, -0.15) is 0 Å². The molecule has 0 amide bonds. The van der Waals surface area contributed by atoms with Gasteiger partial charge in [0.25, 0.3) is 0 Å². The summed E-state index contributed by atoms with van der Waals surface area (Å²) in [6, 6.07) is 25.5. The van der Waals surface area contributed by atoms with Crippen molar-refractivity contribution in [2.24, 2.45) is 0 Å². The number of aromatic hydroxyl groups is 1. The van der Waals surface area contributed by atoms with Gasteiger partial charge in [0.2, 0.25) is 0 Å². The highest BCUT2D eigenvalue weighted by atomic mass is 32.1. The van der Waals surface area contributed by atoms with Gasteiger partial charge in [0.15, 0.2) is 5.11 Å². The van der Waals surface area contributed by atoms with E-state index < -0.39 is 0 Å². The predicted octanol–water partition coefficient (Wildman–Crippen LogP) is 5.06. The first kappa shape index (κ1) is 19.3. The van der Waals surface area contributed by atoms with Crippen LogP contribution in [0.3, 0.4) is 0 Å². The Balaban J connectivity index is 1.67. The van der Waals surface area contributed by atoms with Crippen LogP contribution in [0.4, 0.5) is 5.69 Å². The van der Waals surface area contributed by atoms with Crippen LogP contribution in [-0.4, -0.2) is 19.8 Å². The highest BCUT2D eigenvalue weighted by Crippen LogP contribution is 2.42. The monoisotopic (exact) mass is 426 g/mol. The van der Waals surface area contributed by atoms with Crippen molar-refractivity contribution in [2.45, 2.75) is 19.0 Å². The second-order valence-corrected chi connectivity index (χ2v) is 8.04. The number of hydrogen-bond acceptors (Lipinski definition) is 3. The quantitative estimate of drug-likeness (QED) is 0.447. The Hall–Kier alpha value is -3.64. The van der Waals surface area contributed by atoms with E-state index in [9.17, 15) is 5.11 Å². The fourth-order valence-corrected chi connectivity index (χ4v) is 4.54. The Morgan fingerprint density at radius 1 is 0.935 bits per heavy atom. The molecule has 2 aromatic heterocycles. The van der Waals surface area contributed by atoms with Crippen LogP contribution in [-0.2, 0) is 0 Å². The van der Waals surface area contributed by atoms with E-state index in [1.54, 1.807) is 12.1 Å². The van der Waals surface area contributed by atoms with E-state index in [-0.39, 0.29) is 17.8 Å². The lowest BCUT2D eigenvalue weighted by Crippen LogP contribution is -2.30. The van der Waals surface area contributed by atoms with Gasteiger partial charge in [-0.15, -0.1) is 0 Å². The average Bonchev–Trinajstić information content (AvgIpc) is 3.39.